The molecule has 5 atom stereocenters. The zero-order chi connectivity index (χ0) is 11.8. The number of likely N-dealkylation sites (tertiary alicyclic amines) is 1. The van der Waals surface area contributed by atoms with Crippen LogP contribution in [0.25, 0.3) is 0 Å². The lowest BCUT2D eigenvalue weighted by Gasteiger charge is -2.39. The van der Waals surface area contributed by atoms with Gasteiger partial charge in [0.05, 0.1) is 0 Å². The lowest BCUT2D eigenvalue weighted by molar-refractivity contribution is 0.116. The summed E-state index contributed by atoms with van der Waals surface area (Å²) in [6, 6.07) is 0.756. The van der Waals surface area contributed by atoms with Crippen molar-refractivity contribution in [2.45, 2.75) is 45.1 Å². The van der Waals surface area contributed by atoms with Crippen molar-refractivity contribution in [2.24, 2.45) is 23.7 Å². The summed E-state index contributed by atoms with van der Waals surface area (Å²) in [4.78, 5) is 2.75. The molecule has 2 heteroatoms. The van der Waals surface area contributed by atoms with Crippen LogP contribution in [-0.4, -0.2) is 37.6 Å². The molecule has 3 fully saturated rings. The average molecular weight is 236 g/mol. The maximum absolute atomic E-state index is 3.47. The van der Waals surface area contributed by atoms with Crippen LogP contribution in [0.3, 0.4) is 0 Å². The highest BCUT2D eigenvalue weighted by Gasteiger charge is 2.40. The summed E-state index contributed by atoms with van der Waals surface area (Å²) < 4.78 is 0. The van der Waals surface area contributed by atoms with Crippen LogP contribution in [0.4, 0.5) is 0 Å². The first-order valence-electron chi connectivity index (χ1n) is 7.66. The molecule has 0 aromatic carbocycles. The van der Waals surface area contributed by atoms with Crippen LogP contribution < -0.4 is 5.32 Å². The van der Waals surface area contributed by atoms with Gasteiger partial charge in [-0.05, 0) is 62.9 Å². The van der Waals surface area contributed by atoms with Gasteiger partial charge in [0.15, 0.2) is 0 Å². The quantitative estimate of drug-likeness (QED) is 0.809. The number of fused-ring (bicyclic) bond motifs is 2. The predicted molar refractivity (Wildman–Crippen MR) is 72.0 cm³/mol. The van der Waals surface area contributed by atoms with Crippen molar-refractivity contribution in [3.63, 3.8) is 0 Å². The van der Waals surface area contributed by atoms with Gasteiger partial charge in [0.1, 0.15) is 0 Å². The van der Waals surface area contributed by atoms with Crippen molar-refractivity contribution in [2.75, 3.05) is 26.7 Å². The van der Waals surface area contributed by atoms with E-state index in [1.807, 2.05) is 0 Å². The average Bonchev–Trinajstić information content (AvgIpc) is 2.91. The topological polar surface area (TPSA) is 15.3 Å². The molecule has 0 spiro atoms. The monoisotopic (exact) mass is 236 g/mol. The van der Waals surface area contributed by atoms with E-state index in [-0.39, 0.29) is 0 Å². The summed E-state index contributed by atoms with van der Waals surface area (Å²) in [5.74, 6) is 4.08. The van der Waals surface area contributed by atoms with Crippen molar-refractivity contribution >= 4 is 0 Å². The highest BCUT2D eigenvalue weighted by atomic mass is 15.1. The fourth-order valence-corrected chi connectivity index (χ4v) is 4.76. The number of hydrogen-bond donors (Lipinski definition) is 1. The van der Waals surface area contributed by atoms with E-state index in [0.717, 1.165) is 29.7 Å². The van der Waals surface area contributed by atoms with Gasteiger partial charge in [-0.25, -0.2) is 0 Å². The van der Waals surface area contributed by atoms with Gasteiger partial charge >= 0.3 is 0 Å². The second-order valence-electron chi connectivity index (χ2n) is 6.86. The summed E-state index contributed by atoms with van der Waals surface area (Å²) in [6.07, 6.45) is 7.54. The molecule has 3 rings (SSSR count). The van der Waals surface area contributed by atoms with Crippen LogP contribution in [0, 0.1) is 23.7 Å². The van der Waals surface area contributed by atoms with Crippen LogP contribution in [0.5, 0.6) is 0 Å². The second-order valence-corrected chi connectivity index (χ2v) is 6.86. The highest BCUT2D eigenvalue weighted by Crippen LogP contribution is 2.48. The molecule has 2 nitrogen and oxygen atoms in total. The van der Waals surface area contributed by atoms with E-state index in [1.165, 1.54) is 32.5 Å². The molecule has 0 aromatic rings. The van der Waals surface area contributed by atoms with Crippen molar-refractivity contribution in [1.82, 2.24) is 10.2 Å². The van der Waals surface area contributed by atoms with E-state index in [2.05, 4.69) is 24.2 Å². The molecule has 17 heavy (non-hydrogen) atoms. The predicted octanol–water partition coefficient (Wildman–Crippen LogP) is 2.35. The van der Waals surface area contributed by atoms with Crippen molar-refractivity contribution < 1.29 is 0 Å². The molecule has 0 aromatic heterocycles. The fraction of sp³-hybridized carbons (Fsp3) is 1.00. The lowest BCUT2D eigenvalue weighted by atomic mass is 9.87. The fourth-order valence-electron chi connectivity index (χ4n) is 4.76. The van der Waals surface area contributed by atoms with Crippen molar-refractivity contribution in [3.8, 4) is 0 Å². The summed E-state index contributed by atoms with van der Waals surface area (Å²) in [5, 5.41) is 3.47. The van der Waals surface area contributed by atoms with Gasteiger partial charge < -0.3 is 10.2 Å². The van der Waals surface area contributed by atoms with E-state index in [4.69, 9.17) is 0 Å². The number of nitrogens with one attached hydrogen (secondary N) is 1. The molecule has 2 saturated carbocycles. The lowest BCUT2D eigenvalue weighted by Crippen LogP contribution is -2.48. The first-order chi connectivity index (χ1) is 8.26. The number of nitrogens with zero attached hydrogens (tertiary/aromatic N) is 1. The standard InChI is InChI=1S/C15H28N2/c1-11-9-17(6-5-15(11)16-2)10-14-8-12-3-4-13(14)7-12/h11-16H,3-10H2,1-2H3. The normalized spacial score (nSPS) is 46.6. The van der Waals surface area contributed by atoms with E-state index in [0.29, 0.717) is 0 Å². The molecule has 3 aliphatic rings. The molecule has 2 bridgehead atoms. The first-order valence-corrected chi connectivity index (χ1v) is 7.66. The number of rotatable bonds is 3. The Morgan fingerprint density at radius 2 is 2.06 bits per heavy atom. The molecule has 1 aliphatic heterocycles. The van der Waals surface area contributed by atoms with Gasteiger partial charge in [-0.15, -0.1) is 0 Å². The Bertz CT molecular complexity index is 266. The van der Waals surface area contributed by atoms with E-state index in [1.54, 1.807) is 19.3 Å². The largest absolute Gasteiger partial charge is 0.317 e. The van der Waals surface area contributed by atoms with Crippen molar-refractivity contribution in [3.05, 3.63) is 0 Å². The Hall–Kier alpha value is -0.0800. The van der Waals surface area contributed by atoms with Crippen LogP contribution in [0.15, 0.2) is 0 Å². The summed E-state index contributed by atoms with van der Waals surface area (Å²) in [5.41, 5.74) is 0. The Labute approximate surface area is 106 Å². The molecule has 0 radical (unpaired) electrons. The van der Waals surface area contributed by atoms with E-state index >= 15 is 0 Å². The number of piperidine rings is 1. The summed E-state index contributed by atoms with van der Waals surface area (Å²) in [7, 11) is 2.12. The summed E-state index contributed by atoms with van der Waals surface area (Å²) in [6.45, 7) is 6.46. The van der Waals surface area contributed by atoms with Crippen LogP contribution in [0.2, 0.25) is 0 Å². The van der Waals surface area contributed by atoms with Crippen molar-refractivity contribution in [1.29, 1.82) is 0 Å². The highest BCUT2D eigenvalue weighted by molar-refractivity contribution is 4.92. The Morgan fingerprint density at radius 1 is 1.18 bits per heavy atom. The zero-order valence-electron chi connectivity index (χ0n) is 11.5. The minimum absolute atomic E-state index is 0.756. The minimum atomic E-state index is 0.756. The van der Waals surface area contributed by atoms with E-state index in [9.17, 15) is 0 Å². The van der Waals surface area contributed by atoms with E-state index < -0.39 is 0 Å². The molecule has 2 aliphatic carbocycles. The molecule has 1 N–H and O–H groups in total. The molecule has 1 saturated heterocycles. The van der Waals surface area contributed by atoms with Crippen LogP contribution in [0.1, 0.15) is 39.0 Å². The van der Waals surface area contributed by atoms with Gasteiger partial charge in [0.2, 0.25) is 0 Å². The third-order valence-corrected chi connectivity index (χ3v) is 5.74. The smallest absolute Gasteiger partial charge is 0.0114 e. The summed E-state index contributed by atoms with van der Waals surface area (Å²) >= 11 is 0. The zero-order valence-corrected chi connectivity index (χ0v) is 11.5. The third kappa shape index (κ3) is 2.39. The Balaban J connectivity index is 1.50. The molecule has 5 unspecified atom stereocenters. The number of hydrogen-bond acceptors (Lipinski definition) is 2. The van der Waals surface area contributed by atoms with Crippen LogP contribution >= 0.6 is 0 Å². The third-order valence-electron chi connectivity index (χ3n) is 5.74. The van der Waals surface area contributed by atoms with Crippen LogP contribution in [-0.2, 0) is 0 Å². The SMILES string of the molecule is CNC1CCN(CC2CC3CCC2C3)CC1C. The molecule has 98 valence electrons. The van der Waals surface area contributed by atoms with Gasteiger partial charge in [0.25, 0.3) is 0 Å². The Morgan fingerprint density at radius 3 is 2.65 bits per heavy atom. The maximum Gasteiger partial charge on any atom is 0.0114 e. The van der Waals surface area contributed by atoms with Gasteiger partial charge in [-0.1, -0.05) is 13.3 Å². The molecule has 1 heterocycles. The molecule has 0 amide bonds. The minimum Gasteiger partial charge on any atom is -0.317 e. The van der Waals surface area contributed by atoms with Gasteiger partial charge in [0, 0.05) is 19.1 Å². The van der Waals surface area contributed by atoms with Gasteiger partial charge in [-0.3, -0.25) is 0 Å². The molecular weight excluding hydrogens is 208 g/mol. The first kappa shape index (κ1) is 12.0. The molecular formula is C15H28N2. The Kier molecular flexibility index (Phi) is 3.45. The second kappa shape index (κ2) is 4.89. The van der Waals surface area contributed by atoms with Gasteiger partial charge in [-0.2, -0.15) is 0 Å². The maximum atomic E-state index is 3.47.